The topological polar surface area (TPSA) is 62.3 Å². The molecule has 28 heavy (non-hydrogen) atoms. The Bertz CT molecular complexity index is 978. The van der Waals surface area contributed by atoms with E-state index in [9.17, 15) is 4.79 Å². The maximum atomic E-state index is 12.9. The Hall–Kier alpha value is -2.90. The van der Waals surface area contributed by atoms with Crippen LogP contribution in [-0.2, 0) is 0 Å². The number of ether oxygens (including phenoxy) is 1. The van der Waals surface area contributed by atoms with Gasteiger partial charge in [0.15, 0.2) is 4.77 Å². The van der Waals surface area contributed by atoms with E-state index >= 15 is 0 Å². The van der Waals surface area contributed by atoms with Gasteiger partial charge in [-0.2, -0.15) is 0 Å². The highest BCUT2D eigenvalue weighted by Gasteiger charge is 2.19. The zero-order valence-corrected chi connectivity index (χ0v) is 17.0. The first kappa shape index (κ1) is 19.9. The van der Waals surface area contributed by atoms with Gasteiger partial charge in [0, 0.05) is 18.4 Å². The second kappa shape index (κ2) is 8.86. The molecule has 0 aliphatic carbocycles. The van der Waals surface area contributed by atoms with Crippen LogP contribution in [0.1, 0.15) is 22.1 Å². The molecule has 0 radical (unpaired) electrons. The molecule has 7 heteroatoms. The number of para-hydroxylation sites is 1. The molecule has 6 nitrogen and oxygen atoms in total. The van der Waals surface area contributed by atoms with E-state index in [4.69, 9.17) is 17.0 Å². The molecule has 1 atom stereocenters. The van der Waals surface area contributed by atoms with E-state index in [0.29, 0.717) is 17.0 Å². The lowest BCUT2D eigenvalue weighted by Gasteiger charge is -2.25. The van der Waals surface area contributed by atoms with Gasteiger partial charge in [-0.3, -0.25) is 9.36 Å². The second-order valence-electron chi connectivity index (χ2n) is 6.61. The highest BCUT2D eigenvalue weighted by Crippen LogP contribution is 2.21. The molecule has 0 aliphatic rings. The van der Waals surface area contributed by atoms with Crippen LogP contribution in [0, 0.1) is 4.77 Å². The van der Waals surface area contributed by atoms with Gasteiger partial charge in [0.1, 0.15) is 11.4 Å². The first-order chi connectivity index (χ1) is 13.5. The summed E-state index contributed by atoms with van der Waals surface area (Å²) in [6, 6.07) is 17.5. The van der Waals surface area contributed by atoms with Crippen LogP contribution < -0.4 is 10.1 Å². The van der Waals surface area contributed by atoms with E-state index in [1.165, 1.54) is 0 Å². The van der Waals surface area contributed by atoms with Crippen molar-refractivity contribution in [3.8, 4) is 11.4 Å². The number of carbonyl (C=O) groups excluding carboxylic acids is 1. The third-order valence-corrected chi connectivity index (χ3v) is 4.90. The number of likely N-dealkylation sites (N-methyl/N-ethyl adjacent to an activating group) is 1. The minimum atomic E-state index is -0.184. The van der Waals surface area contributed by atoms with Gasteiger partial charge in [0.2, 0.25) is 0 Å². The maximum absolute atomic E-state index is 12.9. The quantitative estimate of drug-likeness (QED) is 0.600. The van der Waals surface area contributed by atoms with Gasteiger partial charge in [0.05, 0.1) is 13.2 Å². The molecule has 1 aromatic heterocycles. The van der Waals surface area contributed by atoms with Crippen LogP contribution in [0.25, 0.3) is 5.69 Å². The summed E-state index contributed by atoms with van der Waals surface area (Å²) in [5.74, 6) is 0.621. The number of amides is 1. The molecule has 3 rings (SSSR count). The molecule has 0 aliphatic heterocycles. The number of nitrogens with one attached hydrogen (secondary N) is 2. The van der Waals surface area contributed by atoms with Crippen molar-refractivity contribution in [1.82, 2.24) is 19.8 Å². The molecule has 2 N–H and O–H groups in total. The Morgan fingerprint density at radius 2 is 1.86 bits per heavy atom. The molecule has 0 bridgehead atoms. The van der Waals surface area contributed by atoms with Gasteiger partial charge in [0.25, 0.3) is 5.91 Å². The van der Waals surface area contributed by atoms with Crippen molar-refractivity contribution in [2.45, 2.75) is 6.04 Å². The fourth-order valence-electron chi connectivity index (χ4n) is 3.07. The van der Waals surface area contributed by atoms with Crippen LogP contribution >= 0.6 is 12.2 Å². The van der Waals surface area contributed by atoms with Crippen molar-refractivity contribution < 1.29 is 9.53 Å². The number of imidazole rings is 1. The number of aromatic amines is 1. The van der Waals surface area contributed by atoms with E-state index < -0.39 is 0 Å². The lowest BCUT2D eigenvalue weighted by Crippen LogP contribution is -2.35. The smallest absolute Gasteiger partial charge is 0.269 e. The molecule has 1 unspecified atom stereocenters. The van der Waals surface area contributed by atoms with E-state index in [1.807, 2.05) is 68.7 Å². The number of nitrogens with zero attached hydrogens (tertiary/aromatic N) is 2. The standard InChI is InChI=1S/C21H24N4O2S/c1-24(2)18(15-9-11-17(27-3)12-10-15)13-22-20(26)19-14-23-21(28)25(19)16-7-5-4-6-8-16/h4-12,14,18H,13H2,1-3H3,(H,22,26)(H,23,28). The molecule has 0 saturated carbocycles. The predicted molar refractivity (Wildman–Crippen MR) is 113 cm³/mol. The van der Waals surface area contributed by atoms with Crippen LogP contribution in [0.15, 0.2) is 60.8 Å². The van der Waals surface area contributed by atoms with Crippen LogP contribution in [0.3, 0.4) is 0 Å². The second-order valence-corrected chi connectivity index (χ2v) is 7.00. The van der Waals surface area contributed by atoms with Crippen LogP contribution in [0.5, 0.6) is 5.75 Å². The zero-order chi connectivity index (χ0) is 20.1. The summed E-state index contributed by atoms with van der Waals surface area (Å²) in [5.41, 5.74) is 2.42. The molecular formula is C21H24N4O2S. The summed E-state index contributed by atoms with van der Waals surface area (Å²) in [6.07, 6.45) is 1.64. The van der Waals surface area contributed by atoms with Gasteiger partial charge >= 0.3 is 0 Å². The molecule has 0 spiro atoms. The molecule has 2 aromatic carbocycles. The van der Waals surface area contributed by atoms with E-state index in [-0.39, 0.29) is 11.9 Å². The minimum Gasteiger partial charge on any atom is -0.497 e. The summed E-state index contributed by atoms with van der Waals surface area (Å²) in [4.78, 5) is 17.9. The van der Waals surface area contributed by atoms with Gasteiger partial charge in [-0.05, 0) is 56.1 Å². The van der Waals surface area contributed by atoms with Crippen molar-refractivity contribution >= 4 is 18.1 Å². The number of rotatable bonds is 7. The Balaban J connectivity index is 1.78. The summed E-state index contributed by atoms with van der Waals surface area (Å²) in [7, 11) is 5.62. The molecular weight excluding hydrogens is 372 g/mol. The van der Waals surface area contributed by atoms with E-state index in [0.717, 1.165) is 17.0 Å². The minimum absolute atomic E-state index is 0.0296. The van der Waals surface area contributed by atoms with Gasteiger partial charge in [-0.1, -0.05) is 30.3 Å². The normalized spacial score (nSPS) is 12.0. The summed E-state index contributed by atoms with van der Waals surface area (Å²) >= 11 is 5.36. The van der Waals surface area contributed by atoms with Gasteiger partial charge in [-0.15, -0.1) is 0 Å². The third-order valence-electron chi connectivity index (χ3n) is 4.60. The molecule has 1 heterocycles. The summed E-state index contributed by atoms with van der Waals surface area (Å²) < 4.78 is 7.44. The lowest BCUT2D eigenvalue weighted by atomic mass is 10.1. The number of H-pyrrole nitrogens is 1. The van der Waals surface area contributed by atoms with Crippen LogP contribution in [0.4, 0.5) is 0 Å². The third kappa shape index (κ3) is 4.32. The SMILES string of the molecule is COc1ccc(C(CNC(=O)c2c[nH]c(=S)n2-c2ccccc2)N(C)C)cc1. The van der Waals surface area contributed by atoms with Crippen LogP contribution in [0.2, 0.25) is 0 Å². The van der Waals surface area contributed by atoms with Crippen molar-refractivity contribution in [3.05, 3.63) is 76.8 Å². The maximum Gasteiger partial charge on any atom is 0.269 e. The molecule has 0 fully saturated rings. The Labute approximate surface area is 169 Å². The predicted octanol–water partition coefficient (Wildman–Crippen LogP) is 3.58. The highest BCUT2D eigenvalue weighted by atomic mass is 32.1. The fraction of sp³-hybridized carbons (Fsp3) is 0.238. The number of hydrogen-bond acceptors (Lipinski definition) is 4. The number of carbonyl (C=O) groups is 1. The van der Waals surface area contributed by atoms with Crippen molar-refractivity contribution in [2.75, 3.05) is 27.7 Å². The Morgan fingerprint density at radius 1 is 1.18 bits per heavy atom. The number of aromatic nitrogens is 2. The average Bonchev–Trinajstić information content (AvgIpc) is 3.10. The van der Waals surface area contributed by atoms with Gasteiger partial charge < -0.3 is 19.9 Å². The van der Waals surface area contributed by atoms with E-state index in [2.05, 4.69) is 15.2 Å². The summed E-state index contributed by atoms with van der Waals surface area (Å²) in [6.45, 7) is 0.463. The van der Waals surface area contributed by atoms with Crippen molar-refractivity contribution in [3.63, 3.8) is 0 Å². The molecule has 146 valence electrons. The fourth-order valence-corrected chi connectivity index (χ4v) is 3.34. The monoisotopic (exact) mass is 396 g/mol. The largest absolute Gasteiger partial charge is 0.497 e. The first-order valence-corrected chi connectivity index (χ1v) is 9.36. The first-order valence-electron chi connectivity index (χ1n) is 8.95. The molecule has 0 saturated heterocycles. The summed E-state index contributed by atoms with van der Waals surface area (Å²) in [5, 5.41) is 3.03. The van der Waals surface area contributed by atoms with E-state index in [1.54, 1.807) is 17.9 Å². The van der Waals surface area contributed by atoms with Crippen LogP contribution in [-0.4, -0.2) is 48.1 Å². The van der Waals surface area contributed by atoms with Crippen molar-refractivity contribution in [2.24, 2.45) is 0 Å². The molecule has 1 amide bonds. The Kier molecular flexibility index (Phi) is 6.28. The lowest BCUT2D eigenvalue weighted by molar-refractivity contribution is 0.0935. The number of benzene rings is 2. The average molecular weight is 397 g/mol. The zero-order valence-electron chi connectivity index (χ0n) is 16.2. The van der Waals surface area contributed by atoms with Gasteiger partial charge in [-0.25, -0.2) is 0 Å². The highest BCUT2D eigenvalue weighted by molar-refractivity contribution is 7.71. The molecule has 3 aromatic rings. The Morgan fingerprint density at radius 3 is 2.46 bits per heavy atom. The number of hydrogen-bond donors (Lipinski definition) is 2. The number of methoxy groups -OCH3 is 1. The van der Waals surface area contributed by atoms with Crippen molar-refractivity contribution in [1.29, 1.82) is 0 Å².